The Labute approximate surface area is 227 Å². The first-order valence-corrected chi connectivity index (χ1v) is 14.0. The second-order valence-electron chi connectivity index (χ2n) is 11.4. The van der Waals surface area contributed by atoms with Crippen LogP contribution in [0.15, 0.2) is 54.1 Å². The van der Waals surface area contributed by atoms with E-state index in [4.69, 9.17) is 39.5 Å². The van der Waals surface area contributed by atoms with Crippen LogP contribution in [0.5, 0.6) is 0 Å². The lowest BCUT2D eigenvalue weighted by Crippen LogP contribution is -2.68. The van der Waals surface area contributed by atoms with Crippen molar-refractivity contribution in [2.24, 2.45) is 28.6 Å². The van der Waals surface area contributed by atoms with Gasteiger partial charge in [-0.25, -0.2) is 4.79 Å². The first kappa shape index (κ1) is 26.0. The average Bonchev–Trinajstić information content (AvgIpc) is 3.07. The molecule has 2 unspecified atom stereocenters. The zero-order valence-electron chi connectivity index (χ0n) is 20.7. The molecule has 4 nitrogen and oxygen atoms in total. The number of Topliss-reactive ketones (excluding diaryl/α,β-unsaturated/α-hetero) is 1. The second kappa shape index (κ2) is 8.71. The summed E-state index contributed by atoms with van der Waals surface area (Å²) in [5.41, 5.74) is -1.33. The number of allylic oxidation sites excluding steroid dienone is 4. The molecule has 0 aromatic heterocycles. The summed E-state index contributed by atoms with van der Waals surface area (Å²) in [5.74, 6) is -1.42. The maximum atomic E-state index is 13.7. The Morgan fingerprint density at radius 3 is 2.50 bits per heavy atom. The molecule has 0 amide bonds. The fourth-order valence-corrected chi connectivity index (χ4v) is 9.64. The number of rotatable bonds is 4. The van der Waals surface area contributed by atoms with Gasteiger partial charge in [0.1, 0.15) is 0 Å². The van der Waals surface area contributed by atoms with Crippen molar-refractivity contribution in [3.8, 4) is 0 Å². The lowest BCUT2D eigenvalue weighted by molar-refractivity contribution is -0.164. The Kier molecular flexibility index (Phi) is 6.29. The van der Waals surface area contributed by atoms with Gasteiger partial charge in [0.15, 0.2) is 17.2 Å². The molecule has 5 rings (SSSR count). The summed E-state index contributed by atoms with van der Waals surface area (Å²) in [6.45, 7) is 6.08. The molecule has 36 heavy (non-hydrogen) atoms. The molecule has 3 fully saturated rings. The van der Waals surface area contributed by atoms with E-state index in [9.17, 15) is 14.4 Å². The zero-order valence-corrected chi connectivity index (χ0v) is 23.0. The van der Waals surface area contributed by atoms with Crippen LogP contribution < -0.4 is 0 Å². The lowest BCUT2D eigenvalue weighted by Gasteiger charge is -2.64. The number of carbonyl (C=O) groups excluding carboxylic acids is 3. The third-order valence-corrected chi connectivity index (χ3v) is 11.7. The minimum Gasteiger partial charge on any atom is -0.447 e. The molecule has 0 spiro atoms. The molecule has 4 aliphatic carbocycles. The van der Waals surface area contributed by atoms with Crippen molar-refractivity contribution in [1.29, 1.82) is 0 Å². The van der Waals surface area contributed by atoms with E-state index in [1.165, 1.54) is 0 Å². The maximum absolute atomic E-state index is 13.7. The Morgan fingerprint density at radius 1 is 1.14 bits per heavy atom. The van der Waals surface area contributed by atoms with Crippen LogP contribution in [0.25, 0.3) is 0 Å². The number of benzene rings is 1. The Bertz CT molecular complexity index is 1180. The Morgan fingerprint density at radius 2 is 1.83 bits per heavy atom. The molecule has 0 heterocycles. The van der Waals surface area contributed by atoms with Gasteiger partial charge in [0.25, 0.3) is 0 Å². The number of fused-ring (bicyclic) bond motifs is 5. The van der Waals surface area contributed by atoms with E-state index in [0.29, 0.717) is 18.4 Å². The van der Waals surface area contributed by atoms with Crippen LogP contribution in [0, 0.1) is 28.6 Å². The summed E-state index contributed by atoms with van der Waals surface area (Å²) in [6.07, 6.45) is 7.76. The average molecular weight is 550 g/mol. The van der Waals surface area contributed by atoms with E-state index in [1.54, 1.807) is 36.4 Å². The molecule has 1 aromatic carbocycles. The van der Waals surface area contributed by atoms with Gasteiger partial charge in [-0.15, -0.1) is 34.8 Å². The van der Waals surface area contributed by atoms with Gasteiger partial charge in [-0.05, 0) is 61.8 Å². The first-order valence-electron chi connectivity index (χ1n) is 12.6. The second-order valence-corrected chi connectivity index (χ2v) is 12.8. The Hall–Kier alpha value is -1.62. The van der Waals surface area contributed by atoms with E-state index in [0.717, 1.165) is 18.4 Å². The van der Waals surface area contributed by atoms with Gasteiger partial charge in [0, 0.05) is 16.7 Å². The molecule has 4 aliphatic rings. The smallest absolute Gasteiger partial charge is 0.339 e. The number of alkyl halides is 3. The van der Waals surface area contributed by atoms with Crippen LogP contribution in [0.4, 0.5) is 0 Å². The summed E-state index contributed by atoms with van der Waals surface area (Å²) in [5, 5.41) is -0.528. The third-order valence-electron chi connectivity index (χ3n) is 9.94. The van der Waals surface area contributed by atoms with Crippen LogP contribution >= 0.6 is 34.8 Å². The number of hydrogen-bond donors (Lipinski definition) is 0. The molecule has 192 valence electrons. The number of hydrogen-bond acceptors (Lipinski definition) is 4. The van der Waals surface area contributed by atoms with Gasteiger partial charge in [0.2, 0.25) is 0 Å². The van der Waals surface area contributed by atoms with Crippen LogP contribution in [0.2, 0.25) is 0 Å². The van der Waals surface area contributed by atoms with Gasteiger partial charge in [0.05, 0.1) is 21.7 Å². The highest BCUT2D eigenvalue weighted by molar-refractivity contribution is 6.34. The number of ketones is 2. The minimum atomic E-state index is -1.41. The van der Waals surface area contributed by atoms with Gasteiger partial charge >= 0.3 is 5.97 Å². The number of esters is 1. The van der Waals surface area contributed by atoms with Crippen molar-refractivity contribution >= 4 is 52.3 Å². The predicted molar refractivity (Wildman–Crippen MR) is 142 cm³/mol. The number of ether oxygens (including phenoxy) is 1. The lowest BCUT2D eigenvalue weighted by atomic mass is 9.46. The van der Waals surface area contributed by atoms with Crippen molar-refractivity contribution in [2.45, 2.75) is 62.3 Å². The topological polar surface area (TPSA) is 60.4 Å². The van der Waals surface area contributed by atoms with Gasteiger partial charge in [-0.1, -0.05) is 50.6 Å². The molecule has 0 bridgehead atoms. The zero-order chi connectivity index (χ0) is 26.1. The maximum Gasteiger partial charge on any atom is 0.339 e. The van der Waals surface area contributed by atoms with Crippen molar-refractivity contribution in [2.75, 3.05) is 5.88 Å². The fraction of sp³-hybridized carbons (Fsp3) is 0.552. The van der Waals surface area contributed by atoms with Crippen LogP contribution in [-0.4, -0.2) is 39.3 Å². The van der Waals surface area contributed by atoms with Gasteiger partial charge in [-0.3, -0.25) is 9.59 Å². The highest BCUT2D eigenvalue weighted by Crippen LogP contribution is 2.73. The largest absolute Gasteiger partial charge is 0.447 e. The molecule has 0 saturated heterocycles. The standard InChI is InChI=1S/C29H31Cl3O4/c1-17-13-22-21-10-9-19-14-20(33)11-12-26(19,2)28(21,32)23(31)15-27(22,3)29(17,24(34)16-30)36-25(35)18-7-5-4-6-8-18/h4-8,11-12,14,17,21-23H,9-10,13,15-16H2,1-3H3/t17?,21-,22-,23?,26-,27-,28-,29-/m0/s1. The minimum absolute atomic E-state index is 0.0138. The number of carbonyl (C=O) groups is 3. The highest BCUT2D eigenvalue weighted by Gasteiger charge is 2.76. The molecular weight excluding hydrogens is 519 g/mol. The molecule has 1 aromatic rings. The predicted octanol–water partition coefficient (Wildman–Crippen LogP) is 6.52. The summed E-state index contributed by atoms with van der Waals surface area (Å²) in [7, 11) is 0. The number of halogens is 3. The summed E-state index contributed by atoms with van der Waals surface area (Å²) in [6, 6.07) is 8.72. The van der Waals surface area contributed by atoms with Gasteiger partial charge in [-0.2, -0.15) is 0 Å². The van der Waals surface area contributed by atoms with E-state index in [-0.39, 0.29) is 35.2 Å². The molecule has 0 radical (unpaired) electrons. The molecule has 0 N–H and O–H groups in total. The van der Waals surface area contributed by atoms with E-state index >= 15 is 0 Å². The van der Waals surface area contributed by atoms with Crippen LogP contribution in [0.3, 0.4) is 0 Å². The Balaban J connectivity index is 1.61. The first-order chi connectivity index (χ1) is 17.0. The van der Waals surface area contributed by atoms with Crippen LogP contribution in [0.1, 0.15) is 56.8 Å². The molecule has 7 heteroatoms. The quantitative estimate of drug-likeness (QED) is 0.317. The van der Waals surface area contributed by atoms with E-state index in [1.807, 2.05) is 26.0 Å². The van der Waals surface area contributed by atoms with Crippen molar-refractivity contribution < 1.29 is 19.1 Å². The van der Waals surface area contributed by atoms with Crippen LogP contribution in [-0.2, 0) is 14.3 Å². The van der Waals surface area contributed by atoms with Crippen molar-refractivity contribution in [3.05, 3.63) is 59.7 Å². The fourth-order valence-electron chi connectivity index (χ4n) is 8.21. The SMILES string of the molecule is CC1C[C@H]2[C@@H]3CCC4=CC(=O)C=C[C@]4(C)[C@@]3(Cl)C(Cl)C[C@]2(C)[C@@]1(OC(=O)c1ccccc1)C(=O)CCl. The molecule has 8 atom stereocenters. The summed E-state index contributed by atoms with van der Waals surface area (Å²) >= 11 is 21.1. The monoisotopic (exact) mass is 548 g/mol. The molecule has 0 aliphatic heterocycles. The van der Waals surface area contributed by atoms with E-state index < -0.39 is 32.7 Å². The van der Waals surface area contributed by atoms with Crippen molar-refractivity contribution in [3.63, 3.8) is 0 Å². The van der Waals surface area contributed by atoms with E-state index in [2.05, 4.69) is 6.92 Å². The van der Waals surface area contributed by atoms with Crippen molar-refractivity contribution in [1.82, 2.24) is 0 Å². The van der Waals surface area contributed by atoms with Gasteiger partial charge < -0.3 is 4.74 Å². The molecular formula is C29H31Cl3O4. The highest BCUT2D eigenvalue weighted by atomic mass is 35.5. The summed E-state index contributed by atoms with van der Waals surface area (Å²) in [4.78, 5) is 38.4. The normalized spacial score (nSPS) is 43.2. The third kappa shape index (κ3) is 3.23. The molecule has 3 saturated carbocycles. The summed E-state index contributed by atoms with van der Waals surface area (Å²) < 4.78 is 6.28.